The van der Waals surface area contributed by atoms with E-state index in [0.29, 0.717) is 6.04 Å². The molecule has 0 saturated heterocycles. The Balaban J connectivity index is 2.18. The Morgan fingerprint density at radius 2 is 2.05 bits per heavy atom. The first-order valence-electron chi connectivity index (χ1n) is 7.56. The van der Waals surface area contributed by atoms with Crippen molar-refractivity contribution in [3.8, 4) is 0 Å². The summed E-state index contributed by atoms with van der Waals surface area (Å²) in [6.07, 6.45) is 7.93. The number of nitrogens with zero attached hydrogens (tertiary/aromatic N) is 2. The van der Waals surface area contributed by atoms with Gasteiger partial charge in [-0.25, -0.2) is 0 Å². The van der Waals surface area contributed by atoms with Gasteiger partial charge in [0.15, 0.2) is 0 Å². The molecule has 1 heterocycles. The SMILES string of the molecule is CCn1nc(C)c(Br)c1CC1CCCCCC1NC. The summed E-state index contributed by atoms with van der Waals surface area (Å²) in [5.41, 5.74) is 2.50. The van der Waals surface area contributed by atoms with Crippen LogP contribution in [-0.2, 0) is 13.0 Å². The van der Waals surface area contributed by atoms with Crippen molar-refractivity contribution in [2.45, 2.75) is 65.0 Å². The zero-order valence-corrected chi connectivity index (χ0v) is 14.0. The van der Waals surface area contributed by atoms with Gasteiger partial charge in [0.25, 0.3) is 0 Å². The second kappa shape index (κ2) is 6.89. The maximum Gasteiger partial charge on any atom is 0.0738 e. The molecule has 1 aromatic rings. The van der Waals surface area contributed by atoms with E-state index < -0.39 is 0 Å². The second-order valence-electron chi connectivity index (χ2n) is 5.66. The standard InChI is InChI=1S/C15H26BrN3/c1-4-19-14(15(16)11(2)18-19)10-12-8-6-5-7-9-13(12)17-3/h12-13,17H,4-10H2,1-3H3. The summed E-state index contributed by atoms with van der Waals surface area (Å²) in [6, 6.07) is 0.662. The summed E-state index contributed by atoms with van der Waals surface area (Å²) in [7, 11) is 2.11. The highest BCUT2D eigenvalue weighted by Crippen LogP contribution is 2.30. The Morgan fingerprint density at radius 3 is 2.74 bits per heavy atom. The molecule has 0 aliphatic heterocycles. The average Bonchev–Trinajstić information content (AvgIpc) is 2.60. The molecule has 1 N–H and O–H groups in total. The normalized spacial score (nSPS) is 24.4. The van der Waals surface area contributed by atoms with Gasteiger partial charge in [0.1, 0.15) is 0 Å². The number of rotatable bonds is 4. The molecule has 1 aromatic heterocycles. The van der Waals surface area contributed by atoms with E-state index in [-0.39, 0.29) is 0 Å². The fourth-order valence-corrected chi connectivity index (χ4v) is 3.77. The summed E-state index contributed by atoms with van der Waals surface area (Å²) in [5, 5.41) is 8.15. The summed E-state index contributed by atoms with van der Waals surface area (Å²) in [4.78, 5) is 0. The van der Waals surface area contributed by atoms with Gasteiger partial charge in [0, 0.05) is 12.6 Å². The number of aryl methyl sites for hydroxylation is 2. The third-order valence-electron chi connectivity index (χ3n) is 4.44. The van der Waals surface area contributed by atoms with Gasteiger partial charge >= 0.3 is 0 Å². The first-order chi connectivity index (χ1) is 9.17. The molecular weight excluding hydrogens is 302 g/mol. The Labute approximate surface area is 125 Å². The largest absolute Gasteiger partial charge is 0.317 e. The Morgan fingerprint density at radius 1 is 1.32 bits per heavy atom. The Hall–Kier alpha value is -0.350. The minimum atomic E-state index is 0.662. The molecule has 1 saturated carbocycles. The van der Waals surface area contributed by atoms with Crippen LogP contribution in [-0.4, -0.2) is 22.9 Å². The minimum Gasteiger partial charge on any atom is -0.317 e. The van der Waals surface area contributed by atoms with Crippen molar-refractivity contribution in [2.24, 2.45) is 5.92 Å². The lowest BCUT2D eigenvalue weighted by Crippen LogP contribution is -2.34. The van der Waals surface area contributed by atoms with E-state index >= 15 is 0 Å². The molecule has 3 nitrogen and oxygen atoms in total. The molecule has 1 aliphatic carbocycles. The van der Waals surface area contributed by atoms with E-state index in [0.717, 1.165) is 24.6 Å². The number of hydrogen-bond acceptors (Lipinski definition) is 2. The molecule has 0 aromatic carbocycles. The molecule has 1 fully saturated rings. The zero-order valence-electron chi connectivity index (χ0n) is 12.4. The maximum absolute atomic E-state index is 4.62. The topological polar surface area (TPSA) is 29.9 Å². The van der Waals surface area contributed by atoms with Crippen LogP contribution < -0.4 is 5.32 Å². The molecule has 1 aliphatic rings. The van der Waals surface area contributed by atoms with Gasteiger partial charge in [-0.15, -0.1) is 0 Å². The predicted octanol–water partition coefficient (Wildman–Crippen LogP) is 3.68. The van der Waals surface area contributed by atoms with Crippen molar-refractivity contribution in [3.05, 3.63) is 15.9 Å². The lowest BCUT2D eigenvalue weighted by atomic mass is 9.90. The number of halogens is 1. The van der Waals surface area contributed by atoms with Crippen molar-refractivity contribution in [3.63, 3.8) is 0 Å². The smallest absolute Gasteiger partial charge is 0.0738 e. The second-order valence-corrected chi connectivity index (χ2v) is 6.45. The van der Waals surface area contributed by atoms with Gasteiger partial charge < -0.3 is 5.32 Å². The van der Waals surface area contributed by atoms with Crippen LogP contribution in [0.2, 0.25) is 0 Å². The van der Waals surface area contributed by atoms with E-state index in [1.807, 2.05) is 0 Å². The lowest BCUT2D eigenvalue weighted by Gasteiger charge is -2.25. The third kappa shape index (κ3) is 3.40. The quantitative estimate of drug-likeness (QED) is 0.855. The van der Waals surface area contributed by atoms with E-state index in [1.54, 1.807) is 0 Å². The molecule has 2 rings (SSSR count). The van der Waals surface area contributed by atoms with E-state index in [4.69, 9.17) is 0 Å². The fraction of sp³-hybridized carbons (Fsp3) is 0.800. The van der Waals surface area contributed by atoms with Crippen molar-refractivity contribution >= 4 is 15.9 Å². The van der Waals surface area contributed by atoms with Crippen LogP contribution in [0.5, 0.6) is 0 Å². The first kappa shape index (κ1) is 15.0. The minimum absolute atomic E-state index is 0.662. The van der Waals surface area contributed by atoms with Gasteiger partial charge in [-0.05, 0) is 62.0 Å². The van der Waals surface area contributed by atoms with Crippen molar-refractivity contribution in [1.82, 2.24) is 15.1 Å². The average molecular weight is 328 g/mol. The zero-order chi connectivity index (χ0) is 13.8. The molecule has 2 atom stereocenters. The molecule has 0 amide bonds. The number of nitrogens with one attached hydrogen (secondary N) is 1. The van der Waals surface area contributed by atoms with Gasteiger partial charge in [0.2, 0.25) is 0 Å². The highest BCUT2D eigenvalue weighted by Gasteiger charge is 2.25. The summed E-state index contributed by atoms with van der Waals surface area (Å²) in [5.74, 6) is 0.741. The van der Waals surface area contributed by atoms with Gasteiger partial charge in [-0.2, -0.15) is 5.10 Å². The summed E-state index contributed by atoms with van der Waals surface area (Å²) >= 11 is 3.73. The van der Waals surface area contributed by atoms with Crippen molar-refractivity contribution < 1.29 is 0 Å². The van der Waals surface area contributed by atoms with Crippen LogP contribution in [0.1, 0.15) is 50.4 Å². The van der Waals surface area contributed by atoms with E-state index in [1.165, 1.54) is 42.3 Å². The molecule has 108 valence electrons. The van der Waals surface area contributed by atoms with Crippen molar-refractivity contribution in [1.29, 1.82) is 0 Å². The monoisotopic (exact) mass is 327 g/mol. The molecular formula is C15H26BrN3. The van der Waals surface area contributed by atoms with Gasteiger partial charge in [-0.1, -0.05) is 19.3 Å². The van der Waals surface area contributed by atoms with Crippen LogP contribution >= 0.6 is 15.9 Å². The molecule has 0 spiro atoms. The Kier molecular flexibility index (Phi) is 5.46. The molecule has 19 heavy (non-hydrogen) atoms. The molecule has 4 heteroatoms. The summed E-state index contributed by atoms with van der Waals surface area (Å²) < 4.78 is 3.38. The molecule has 2 unspecified atom stereocenters. The van der Waals surface area contributed by atoms with Crippen molar-refractivity contribution in [2.75, 3.05) is 7.05 Å². The lowest BCUT2D eigenvalue weighted by molar-refractivity contribution is 0.342. The van der Waals surface area contributed by atoms with Crippen LogP contribution in [0.3, 0.4) is 0 Å². The molecule has 0 bridgehead atoms. The first-order valence-corrected chi connectivity index (χ1v) is 8.35. The maximum atomic E-state index is 4.62. The predicted molar refractivity (Wildman–Crippen MR) is 83.5 cm³/mol. The summed E-state index contributed by atoms with van der Waals surface area (Å²) in [6.45, 7) is 5.21. The van der Waals surface area contributed by atoms with Gasteiger partial charge in [0.05, 0.1) is 15.9 Å². The van der Waals surface area contributed by atoms with Crippen LogP contribution in [0.25, 0.3) is 0 Å². The highest BCUT2D eigenvalue weighted by molar-refractivity contribution is 9.10. The highest BCUT2D eigenvalue weighted by atomic mass is 79.9. The van der Waals surface area contributed by atoms with Crippen LogP contribution in [0.15, 0.2) is 4.47 Å². The van der Waals surface area contributed by atoms with Crippen LogP contribution in [0, 0.1) is 12.8 Å². The van der Waals surface area contributed by atoms with Crippen LogP contribution in [0.4, 0.5) is 0 Å². The third-order valence-corrected chi connectivity index (χ3v) is 5.47. The number of aromatic nitrogens is 2. The Bertz CT molecular complexity index is 414. The van der Waals surface area contributed by atoms with E-state index in [9.17, 15) is 0 Å². The molecule has 0 radical (unpaired) electrons. The fourth-order valence-electron chi connectivity index (χ4n) is 3.32. The van der Waals surface area contributed by atoms with E-state index in [2.05, 4.69) is 51.9 Å². The number of hydrogen-bond donors (Lipinski definition) is 1. The van der Waals surface area contributed by atoms with Gasteiger partial charge in [-0.3, -0.25) is 4.68 Å².